The fourth-order valence-corrected chi connectivity index (χ4v) is 2.34. The number of amides is 1. The van der Waals surface area contributed by atoms with Gasteiger partial charge in [-0.1, -0.05) is 24.1 Å². The van der Waals surface area contributed by atoms with E-state index in [1.165, 1.54) is 6.07 Å². The Morgan fingerprint density at radius 3 is 2.62 bits per heavy atom. The molecule has 1 amide bonds. The number of nitrogens with zero attached hydrogens (tertiary/aromatic N) is 1. The minimum atomic E-state index is -0.700. The molecule has 1 aromatic rings. The molecule has 0 bridgehead atoms. The number of hydrogen-bond acceptors (Lipinski definition) is 2. The van der Waals surface area contributed by atoms with E-state index >= 15 is 0 Å². The molecule has 1 fully saturated rings. The van der Waals surface area contributed by atoms with E-state index in [4.69, 9.17) is 11.2 Å². The second kappa shape index (κ2) is 7.95. The Labute approximate surface area is 148 Å². The van der Waals surface area contributed by atoms with Crippen LogP contribution in [-0.2, 0) is 16.1 Å². The second-order valence-corrected chi connectivity index (χ2v) is 5.02. The summed E-state index contributed by atoms with van der Waals surface area (Å²) in [5, 5.41) is 0. The summed E-state index contributed by atoms with van der Waals surface area (Å²) in [5.74, 6) is 2.44. The van der Waals surface area contributed by atoms with Gasteiger partial charge in [-0.05, 0) is 6.07 Å². The first-order valence-electron chi connectivity index (χ1n) is 6.67. The third-order valence-electron chi connectivity index (χ3n) is 3.74. The maximum absolute atomic E-state index is 13.6. The summed E-state index contributed by atoms with van der Waals surface area (Å²) < 4.78 is 19.4. The van der Waals surface area contributed by atoms with Gasteiger partial charge in [-0.15, -0.1) is 6.42 Å². The SMILES string of the molecule is C#CC1(OCc2ccccc2F)CCN(C(C)=O)CC1.[H-].[Na+]. The van der Waals surface area contributed by atoms with Crippen LogP contribution >= 0.6 is 0 Å². The Bertz CT molecular complexity index is 539. The van der Waals surface area contributed by atoms with Crippen molar-refractivity contribution in [2.75, 3.05) is 13.1 Å². The normalized spacial score (nSPS) is 16.7. The number of carbonyl (C=O) groups excluding carboxylic acids is 1. The van der Waals surface area contributed by atoms with Gasteiger partial charge in [-0.2, -0.15) is 0 Å². The van der Waals surface area contributed by atoms with Crippen LogP contribution in [0, 0.1) is 18.2 Å². The van der Waals surface area contributed by atoms with E-state index in [-0.39, 0.29) is 49.3 Å². The average Bonchev–Trinajstić information content (AvgIpc) is 2.47. The Morgan fingerprint density at radius 1 is 1.48 bits per heavy atom. The molecule has 1 heterocycles. The number of hydrogen-bond donors (Lipinski definition) is 0. The van der Waals surface area contributed by atoms with E-state index < -0.39 is 5.60 Å². The van der Waals surface area contributed by atoms with Crippen LogP contribution in [0.2, 0.25) is 0 Å². The van der Waals surface area contributed by atoms with Crippen LogP contribution in [-0.4, -0.2) is 29.5 Å². The fraction of sp³-hybridized carbons (Fsp3) is 0.438. The molecule has 1 saturated heterocycles. The zero-order valence-electron chi connectivity index (χ0n) is 13.6. The number of benzene rings is 1. The Morgan fingerprint density at radius 2 is 2.10 bits per heavy atom. The molecule has 21 heavy (non-hydrogen) atoms. The standard InChI is InChI=1S/C16H18FNO2.Na.H/c1-3-16(8-10-18(11-9-16)13(2)19)20-12-14-6-4-5-7-15(14)17;;/h1,4-7H,8-12H2,2H3;;/q;+1;-1. The molecule has 108 valence electrons. The number of carbonyl (C=O) groups is 1. The molecule has 2 rings (SSSR count). The van der Waals surface area contributed by atoms with E-state index in [1.807, 2.05) is 0 Å². The van der Waals surface area contributed by atoms with E-state index in [9.17, 15) is 9.18 Å². The van der Waals surface area contributed by atoms with E-state index in [2.05, 4.69) is 5.92 Å². The van der Waals surface area contributed by atoms with Crippen molar-refractivity contribution in [3.05, 3.63) is 35.6 Å². The smallest absolute Gasteiger partial charge is 1.00 e. The van der Waals surface area contributed by atoms with Crippen molar-refractivity contribution in [1.29, 1.82) is 0 Å². The third kappa shape index (κ3) is 4.55. The van der Waals surface area contributed by atoms with Gasteiger partial charge in [0.25, 0.3) is 0 Å². The monoisotopic (exact) mass is 299 g/mol. The van der Waals surface area contributed by atoms with Crippen LogP contribution in [0.5, 0.6) is 0 Å². The van der Waals surface area contributed by atoms with Gasteiger partial charge in [0.15, 0.2) is 0 Å². The average molecular weight is 299 g/mol. The summed E-state index contributed by atoms with van der Waals surface area (Å²) in [7, 11) is 0. The molecular formula is C16H19FNNaO2. The second-order valence-electron chi connectivity index (χ2n) is 5.02. The van der Waals surface area contributed by atoms with Crippen molar-refractivity contribution in [2.24, 2.45) is 0 Å². The van der Waals surface area contributed by atoms with Crippen molar-refractivity contribution >= 4 is 5.91 Å². The summed E-state index contributed by atoms with van der Waals surface area (Å²) in [5.41, 5.74) is -0.204. The van der Waals surface area contributed by atoms with E-state index in [0.717, 1.165) is 0 Å². The molecule has 1 aliphatic rings. The van der Waals surface area contributed by atoms with Crippen molar-refractivity contribution in [3.8, 4) is 12.3 Å². The quantitative estimate of drug-likeness (QED) is 0.555. The van der Waals surface area contributed by atoms with Gasteiger partial charge in [0, 0.05) is 38.4 Å². The van der Waals surface area contributed by atoms with Gasteiger partial charge in [0.05, 0.1) is 6.61 Å². The number of ether oxygens (including phenoxy) is 1. The number of piperidine rings is 1. The molecule has 0 radical (unpaired) electrons. The maximum Gasteiger partial charge on any atom is 1.00 e. The summed E-state index contributed by atoms with van der Waals surface area (Å²) in [4.78, 5) is 13.1. The number of terminal acetylenes is 1. The first-order valence-corrected chi connectivity index (χ1v) is 6.67. The fourth-order valence-electron chi connectivity index (χ4n) is 2.34. The van der Waals surface area contributed by atoms with E-state index in [1.54, 1.807) is 30.0 Å². The largest absolute Gasteiger partial charge is 1.00 e. The van der Waals surface area contributed by atoms with Crippen LogP contribution in [0.25, 0.3) is 0 Å². The molecule has 1 aliphatic heterocycles. The van der Waals surface area contributed by atoms with Crippen LogP contribution in [0.3, 0.4) is 0 Å². The topological polar surface area (TPSA) is 29.5 Å². The molecule has 5 heteroatoms. The zero-order chi connectivity index (χ0) is 14.6. The summed E-state index contributed by atoms with van der Waals surface area (Å²) in [6.07, 6.45) is 6.75. The molecule has 1 aromatic carbocycles. The minimum Gasteiger partial charge on any atom is -1.00 e. The van der Waals surface area contributed by atoms with Gasteiger partial charge in [0.2, 0.25) is 5.91 Å². The Kier molecular flexibility index (Phi) is 6.89. The van der Waals surface area contributed by atoms with Crippen LogP contribution in [0.1, 0.15) is 26.8 Å². The molecule has 0 saturated carbocycles. The van der Waals surface area contributed by atoms with Crippen LogP contribution < -0.4 is 29.6 Å². The predicted octanol–water partition coefficient (Wildman–Crippen LogP) is -0.527. The van der Waals surface area contributed by atoms with Crippen molar-refractivity contribution in [1.82, 2.24) is 4.90 Å². The zero-order valence-corrected chi connectivity index (χ0v) is 14.6. The van der Waals surface area contributed by atoms with Gasteiger partial charge >= 0.3 is 29.6 Å². The molecule has 0 spiro atoms. The first kappa shape index (κ1) is 18.2. The maximum atomic E-state index is 13.6. The predicted molar refractivity (Wildman–Crippen MR) is 75.4 cm³/mol. The van der Waals surface area contributed by atoms with Gasteiger partial charge in [0.1, 0.15) is 11.4 Å². The molecule has 0 aliphatic carbocycles. The molecule has 0 N–H and O–H groups in total. The molecule has 0 unspecified atom stereocenters. The van der Waals surface area contributed by atoms with Crippen molar-refractivity contribution in [3.63, 3.8) is 0 Å². The number of likely N-dealkylation sites (tertiary alicyclic amines) is 1. The number of halogens is 1. The first-order chi connectivity index (χ1) is 9.56. The van der Waals surface area contributed by atoms with Crippen molar-refractivity contribution in [2.45, 2.75) is 32.0 Å². The summed E-state index contributed by atoms with van der Waals surface area (Å²) >= 11 is 0. The molecule has 0 atom stereocenters. The van der Waals surface area contributed by atoms with Gasteiger partial charge in [-0.3, -0.25) is 4.79 Å². The van der Waals surface area contributed by atoms with Crippen LogP contribution in [0.15, 0.2) is 24.3 Å². The van der Waals surface area contributed by atoms with E-state index in [0.29, 0.717) is 31.5 Å². The minimum absolute atomic E-state index is 0. The third-order valence-corrected chi connectivity index (χ3v) is 3.74. The Hall–Kier alpha value is -0.860. The molecule has 3 nitrogen and oxygen atoms in total. The Balaban J connectivity index is 0.00000220. The van der Waals surface area contributed by atoms with Crippen molar-refractivity contribution < 1.29 is 44.9 Å². The van der Waals surface area contributed by atoms with Gasteiger partial charge in [-0.25, -0.2) is 4.39 Å². The van der Waals surface area contributed by atoms with Gasteiger partial charge < -0.3 is 11.1 Å². The summed E-state index contributed by atoms with van der Waals surface area (Å²) in [6, 6.07) is 6.49. The molecular weight excluding hydrogens is 280 g/mol. The van der Waals surface area contributed by atoms with Crippen LogP contribution in [0.4, 0.5) is 4.39 Å². The molecule has 0 aromatic heterocycles. The number of rotatable bonds is 3. The summed E-state index contributed by atoms with van der Waals surface area (Å²) in [6.45, 7) is 2.85.